The molecule has 1 aromatic carbocycles. The van der Waals surface area contributed by atoms with Crippen molar-refractivity contribution in [2.45, 2.75) is 0 Å². The minimum absolute atomic E-state index is 0. The molecule has 0 aliphatic rings. The minimum atomic E-state index is -0.879. The van der Waals surface area contributed by atoms with Crippen LogP contribution < -0.4 is 59.1 Å². The maximum absolute atomic E-state index is 10.2. The molecule has 0 saturated carbocycles. The fourth-order valence-electron chi connectivity index (χ4n) is 0.581. The number of hydrogen-bond acceptors (Lipinski definition) is 1. The molecule has 0 aliphatic carbocycles. The molecule has 0 radical (unpaired) electrons. The topological polar surface area (TPSA) is 37.3 Å². The summed E-state index contributed by atoms with van der Waals surface area (Å²) in [6, 6.07) is 8.30. The molecule has 0 amide bonds. The first-order valence-electron chi connectivity index (χ1n) is 2.59. The molecule has 50 valence electrons. The molecule has 0 saturated heterocycles. The van der Waals surface area contributed by atoms with Crippen LogP contribution in [-0.4, -0.2) is 11.1 Å². The predicted octanol–water partition coefficient (Wildman–Crippen LogP) is -4.38. The summed E-state index contributed by atoms with van der Waals surface area (Å²) in [6.45, 7) is 0. The van der Waals surface area contributed by atoms with Gasteiger partial charge in [0.25, 0.3) is 0 Å². The summed E-state index contributed by atoms with van der Waals surface area (Å²) in [6.07, 6.45) is 0. The van der Waals surface area contributed by atoms with Crippen molar-refractivity contribution in [3.63, 3.8) is 0 Å². The van der Waals surface area contributed by atoms with Crippen LogP contribution in [-0.2, 0) is 0 Å². The average molecular weight is 170 g/mol. The molecule has 0 spiro atoms. The molecule has 1 N–H and O–H groups in total. The van der Waals surface area contributed by atoms with Gasteiger partial charge in [0.05, 0.1) is 5.56 Å². The van der Waals surface area contributed by atoms with Crippen LogP contribution in [0.3, 0.4) is 0 Å². The number of benzene rings is 1. The molecule has 11 heavy (non-hydrogen) atoms. The van der Waals surface area contributed by atoms with Crippen LogP contribution in [0.1, 0.15) is 13.2 Å². The van der Waals surface area contributed by atoms with E-state index in [0.717, 1.165) is 0 Å². The first-order valence-corrected chi connectivity index (χ1v) is 2.59. The molecular formula is C7H8Na2O2. The zero-order chi connectivity index (χ0) is 6.69. The van der Waals surface area contributed by atoms with Gasteiger partial charge in [0.15, 0.2) is 0 Å². The standard InChI is InChI=1S/C7H6O2.2Na.2H/c8-7(9)6-4-2-1-3-5-6;;;;/h1-5H,(H,8,9);;;;/q;2*+1;2*-1. The summed E-state index contributed by atoms with van der Waals surface area (Å²) < 4.78 is 0. The third kappa shape index (κ3) is 5.01. The number of hydrogen-bond donors (Lipinski definition) is 1. The van der Waals surface area contributed by atoms with Gasteiger partial charge in [0, 0.05) is 0 Å². The zero-order valence-electron chi connectivity index (χ0n) is 8.74. The zero-order valence-corrected chi connectivity index (χ0v) is 10.7. The van der Waals surface area contributed by atoms with E-state index in [4.69, 9.17) is 5.11 Å². The summed E-state index contributed by atoms with van der Waals surface area (Å²) in [7, 11) is 0. The van der Waals surface area contributed by atoms with Gasteiger partial charge >= 0.3 is 65.1 Å². The van der Waals surface area contributed by atoms with Gasteiger partial charge in [0.1, 0.15) is 0 Å². The second-order valence-corrected chi connectivity index (χ2v) is 1.67. The van der Waals surface area contributed by atoms with Gasteiger partial charge in [0.2, 0.25) is 0 Å². The Kier molecular flexibility index (Phi) is 9.50. The maximum atomic E-state index is 10.2. The first kappa shape index (κ1) is 14.2. The summed E-state index contributed by atoms with van der Waals surface area (Å²) >= 11 is 0. The molecule has 0 unspecified atom stereocenters. The normalized spacial score (nSPS) is 7.27. The largest absolute Gasteiger partial charge is 1.00 e. The predicted molar refractivity (Wildman–Crippen MR) is 35.6 cm³/mol. The van der Waals surface area contributed by atoms with Crippen LogP contribution in [0, 0.1) is 0 Å². The monoisotopic (exact) mass is 170 g/mol. The van der Waals surface area contributed by atoms with E-state index in [0.29, 0.717) is 5.56 Å². The van der Waals surface area contributed by atoms with Gasteiger partial charge in [-0.1, -0.05) is 18.2 Å². The van der Waals surface area contributed by atoms with E-state index in [1.807, 2.05) is 0 Å². The van der Waals surface area contributed by atoms with Crippen LogP contribution >= 0.6 is 0 Å². The molecule has 2 nitrogen and oxygen atoms in total. The van der Waals surface area contributed by atoms with E-state index in [2.05, 4.69) is 0 Å². The Balaban J connectivity index is -0.000000101. The molecule has 1 rings (SSSR count). The van der Waals surface area contributed by atoms with Gasteiger partial charge in [-0.3, -0.25) is 0 Å². The van der Waals surface area contributed by atoms with E-state index in [9.17, 15) is 4.79 Å². The average Bonchev–Trinajstić information content (AvgIpc) is 1.90. The van der Waals surface area contributed by atoms with Gasteiger partial charge in [-0.05, 0) is 12.1 Å². The third-order valence-electron chi connectivity index (χ3n) is 1.02. The Bertz CT molecular complexity index is 219. The molecule has 0 atom stereocenters. The SMILES string of the molecule is O=C(O)c1ccccc1.[H-].[H-].[Na+].[Na+]. The van der Waals surface area contributed by atoms with Crippen molar-refractivity contribution in [1.82, 2.24) is 0 Å². The van der Waals surface area contributed by atoms with Crippen molar-refractivity contribution >= 4 is 5.97 Å². The van der Waals surface area contributed by atoms with Crippen LogP contribution in [0.4, 0.5) is 0 Å². The van der Waals surface area contributed by atoms with Crippen molar-refractivity contribution in [3.8, 4) is 0 Å². The number of carboxylic acids is 1. The Morgan fingerprint density at radius 2 is 1.64 bits per heavy atom. The summed E-state index contributed by atoms with van der Waals surface area (Å²) in [5.41, 5.74) is 0.331. The fourth-order valence-corrected chi connectivity index (χ4v) is 0.581. The number of carboxylic acid groups (broad SMARTS) is 1. The Morgan fingerprint density at radius 3 is 1.91 bits per heavy atom. The molecule has 0 bridgehead atoms. The number of carbonyl (C=O) groups is 1. The molecule has 0 fully saturated rings. The van der Waals surface area contributed by atoms with Gasteiger partial charge in [-0.15, -0.1) is 0 Å². The van der Waals surface area contributed by atoms with Crippen molar-refractivity contribution in [3.05, 3.63) is 35.9 Å². The molecule has 1 aromatic rings. The van der Waals surface area contributed by atoms with Gasteiger partial charge in [-0.25, -0.2) is 4.79 Å². The summed E-state index contributed by atoms with van der Waals surface area (Å²) in [5.74, 6) is -0.879. The van der Waals surface area contributed by atoms with Crippen molar-refractivity contribution in [1.29, 1.82) is 0 Å². The van der Waals surface area contributed by atoms with Crippen molar-refractivity contribution < 1.29 is 71.9 Å². The first-order chi connectivity index (χ1) is 4.30. The quantitative estimate of drug-likeness (QED) is 0.432. The summed E-state index contributed by atoms with van der Waals surface area (Å²) in [5, 5.41) is 8.38. The van der Waals surface area contributed by atoms with E-state index in [-0.39, 0.29) is 62.0 Å². The number of aromatic carboxylic acids is 1. The third-order valence-corrected chi connectivity index (χ3v) is 1.02. The molecular weight excluding hydrogens is 162 g/mol. The van der Waals surface area contributed by atoms with Crippen LogP contribution in [0.5, 0.6) is 0 Å². The van der Waals surface area contributed by atoms with E-state index >= 15 is 0 Å². The summed E-state index contributed by atoms with van der Waals surface area (Å²) in [4.78, 5) is 10.2. The molecule has 4 heteroatoms. The smallest absolute Gasteiger partial charge is 1.00 e. The van der Waals surface area contributed by atoms with Gasteiger partial charge in [-0.2, -0.15) is 0 Å². The van der Waals surface area contributed by atoms with E-state index in [1.54, 1.807) is 30.3 Å². The Labute approximate surface area is 113 Å². The molecule has 0 heterocycles. The van der Waals surface area contributed by atoms with Crippen molar-refractivity contribution in [2.75, 3.05) is 0 Å². The number of rotatable bonds is 1. The van der Waals surface area contributed by atoms with Crippen LogP contribution in [0.2, 0.25) is 0 Å². The van der Waals surface area contributed by atoms with Gasteiger partial charge < -0.3 is 7.96 Å². The maximum Gasteiger partial charge on any atom is 1.00 e. The molecule has 0 aliphatic heterocycles. The Hall–Kier alpha value is 0.690. The second-order valence-electron chi connectivity index (χ2n) is 1.67. The van der Waals surface area contributed by atoms with E-state index < -0.39 is 5.97 Å². The van der Waals surface area contributed by atoms with Crippen LogP contribution in [0.25, 0.3) is 0 Å². The second kappa shape index (κ2) is 7.35. The minimum Gasteiger partial charge on any atom is -1.00 e. The van der Waals surface area contributed by atoms with E-state index in [1.165, 1.54) is 0 Å². The fraction of sp³-hybridized carbons (Fsp3) is 0. The van der Waals surface area contributed by atoms with Crippen LogP contribution in [0.15, 0.2) is 30.3 Å². The Morgan fingerprint density at radius 1 is 1.18 bits per heavy atom. The molecule has 0 aromatic heterocycles. The van der Waals surface area contributed by atoms with Crippen molar-refractivity contribution in [2.24, 2.45) is 0 Å².